The van der Waals surface area contributed by atoms with Crippen LogP contribution in [0.2, 0.25) is 0 Å². The molecule has 2 aliphatic heterocycles. The number of aromatic nitrogens is 2. The maximum atomic E-state index is 12.0. The molecule has 0 amide bonds. The number of nitrogens with zero attached hydrogens (tertiary/aromatic N) is 2. The Labute approximate surface area is 248 Å². The third-order valence-electron chi connectivity index (χ3n) is 10.2. The topological polar surface area (TPSA) is 75.4 Å². The van der Waals surface area contributed by atoms with Crippen molar-refractivity contribution in [2.45, 2.75) is 70.6 Å². The van der Waals surface area contributed by atoms with Crippen LogP contribution in [0.4, 0.5) is 0 Å². The largest absolute Gasteiger partial charge is 0.387 e. The number of aliphatic hydroxyl groups excluding tert-OH is 1. The number of ketones is 1. The molecule has 2 aromatic heterocycles. The van der Waals surface area contributed by atoms with Crippen LogP contribution in [0.3, 0.4) is 0 Å². The third-order valence-corrected chi connectivity index (χ3v) is 10.2. The minimum absolute atomic E-state index is 0.135. The first-order valence-electron chi connectivity index (χ1n) is 15.3. The first kappa shape index (κ1) is 27.4. The van der Waals surface area contributed by atoms with E-state index in [-0.39, 0.29) is 5.78 Å². The van der Waals surface area contributed by atoms with Crippen LogP contribution < -0.4 is 0 Å². The van der Waals surface area contributed by atoms with Crippen LogP contribution >= 0.6 is 0 Å². The number of Topliss-reactive ketones (excluding diaryl/α,β-unsaturated/α-hetero) is 1. The van der Waals surface area contributed by atoms with Gasteiger partial charge in [-0.15, -0.1) is 0 Å². The lowest BCUT2D eigenvalue weighted by Crippen LogP contribution is -2.43. The number of benzene rings is 2. The number of hydrogen-bond acceptors (Lipinski definition) is 4. The van der Waals surface area contributed by atoms with Crippen molar-refractivity contribution >= 4 is 27.6 Å². The van der Waals surface area contributed by atoms with Crippen LogP contribution in [0.25, 0.3) is 21.8 Å². The summed E-state index contributed by atoms with van der Waals surface area (Å²) in [7, 11) is 4.41. The van der Waals surface area contributed by atoms with Gasteiger partial charge in [-0.25, -0.2) is 0 Å². The summed E-state index contributed by atoms with van der Waals surface area (Å²) >= 11 is 0. The van der Waals surface area contributed by atoms with Gasteiger partial charge in [0.05, 0.1) is 11.8 Å². The Kier molecular flexibility index (Phi) is 6.57. The molecule has 42 heavy (non-hydrogen) atoms. The summed E-state index contributed by atoms with van der Waals surface area (Å²) in [6.07, 6.45) is 6.39. The molecule has 2 aromatic carbocycles. The molecule has 4 heterocycles. The highest BCUT2D eigenvalue weighted by Gasteiger charge is 2.38. The Morgan fingerprint density at radius 1 is 0.833 bits per heavy atom. The molecular weight excluding hydrogens is 520 g/mol. The van der Waals surface area contributed by atoms with Crippen LogP contribution in [0, 0.1) is 0 Å². The SMILES string of the molecule is CC(=O)c1[nH]c2cccc3c2c1C[C@@H]1[C@@H]3C=C(C)CN1C.CC1=C[C@@H]2c3cccc4[nH]c(C(C)O)c(c34)C[C@H]2N(C)C1. The monoisotopic (exact) mass is 562 g/mol. The number of aliphatic hydroxyl groups is 1. The van der Waals surface area contributed by atoms with Gasteiger partial charge in [0.15, 0.2) is 5.78 Å². The second-order valence-electron chi connectivity index (χ2n) is 13.2. The Hall–Kier alpha value is -3.45. The Bertz CT molecular complexity index is 1790. The smallest absolute Gasteiger partial charge is 0.176 e. The van der Waals surface area contributed by atoms with Crippen molar-refractivity contribution < 1.29 is 9.90 Å². The molecule has 8 rings (SSSR count). The zero-order valence-corrected chi connectivity index (χ0v) is 25.6. The summed E-state index contributed by atoms with van der Waals surface area (Å²) in [5.74, 6) is 1.05. The highest BCUT2D eigenvalue weighted by molar-refractivity contribution is 6.02. The van der Waals surface area contributed by atoms with Crippen molar-refractivity contribution in [2.75, 3.05) is 27.2 Å². The predicted molar refractivity (Wildman–Crippen MR) is 170 cm³/mol. The van der Waals surface area contributed by atoms with Gasteiger partial charge >= 0.3 is 0 Å². The van der Waals surface area contributed by atoms with E-state index >= 15 is 0 Å². The lowest BCUT2D eigenvalue weighted by molar-refractivity contribution is 0.101. The first-order chi connectivity index (χ1) is 20.1. The Morgan fingerprint density at radius 2 is 1.33 bits per heavy atom. The molecule has 6 nitrogen and oxygen atoms in total. The number of H-pyrrole nitrogens is 2. The van der Waals surface area contributed by atoms with Gasteiger partial charge in [-0.1, -0.05) is 47.6 Å². The van der Waals surface area contributed by atoms with Crippen molar-refractivity contribution in [3.63, 3.8) is 0 Å². The fourth-order valence-electron chi connectivity index (χ4n) is 8.43. The van der Waals surface area contributed by atoms with Crippen LogP contribution in [0.5, 0.6) is 0 Å². The van der Waals surface area contributed by atoms with Crippen LogP contribution in [0.1, 0.15) is 84.1 Å². The van der Waals surface area contributed by atoms with E-state index in [9.17, 15) is 9.90 Å². The van der Waals surface area contributed by atoms with Crippen LogP contribution in [-0.2, 0) is 12.8 Å². The summed E-state index contributed by atoms with van der Waals surface area (Å²) in [5, 5.41) is 12.7. The Balaban J connectivity index is 0.000000137. The predicted octanol–water partition coefficient (Wildman–Crippen LogP) is 6.39. The fraction of sp³-hybridized carbons (Fsp3) is 0.417. The molecule has 2 aliphatic carbocycles. The van der Waals surface area contributed by atoms with E-state index in [1.54, 1.807) is 6.92 Å². The minimum Gasteiger partial charge on any atom is -0.387 e. The molecule has 6 heteroatoms. The van der Waals surface area contributed by atoms with Gasteiger partial charge in [-0.3, -0.25) is 14.6 Å². The summed E-state index contributed by atoms with van der Waals surface area (Å²) < 4.78 is 0. The first-order valence-corrected chi connectivity index (χ1v) is 15.3. The molecule has 0 fully saturated rings. The highest BCUT2D eigenvalue weighted by atomic mass is 16.3. The standard InChI is InChI=1S/C18H22N2O.C18H20N2O/c2*1-10-7-13-12-5-4-6-15-17(12)14(18(19-15)11(2)21)8-16(13)20(3)9-10/h4-7,11,13,16,19,21H,8-9H2,1-3H3;4-7,13,16,19H,8-9H2,1-3H3/t11?,13-,16-;13-,16-/m11/s1. The van der Waals surface area contributed by atoms with Crippen molar-refractivity contribution in [3.8, 4) is 0 Å². The van der Waals surface area contributed by atoms with Gasteiger partial charge in [0.25, 0.3) is 0 Å². The summed E-state index contributed by atoms with van der Waals surface area (Å²) in [6, 6.07) is 13.9. The number of likely N-dealkylation sites (N-methyl/N-ethyl adjacent to an activating group) is 2. The molecule has 218 valence electrons. The molecule has 0 saturated heterocycles. The zero-order chi connectivity index (χ0) is 29.4. The van der Waals surface area contributed by atoms with Crippen molar-refractivity contribution in [1.82, 2.24) is 19.8 Å². The van der Waals surface area contributed by atoms with Gasteiger partial charge in [0.1, 0.15) is 0 Å². The van der Waals surface area contributed by atoms with E-state index in [2.05, 4.69) is 96.3 Å². The number of carbonyl (C=O) groups excluding carboxylic acids is 1. The second kappa shape index (κ2) is 10.1. The lowest BCUT2D eigenvalue weighted by Gasteiger charge is -2.41. The molecule has 0 bridgehead atoms. The van der Waals surface area contributed by atoms with Crippen LogP contribution in [0.15, 0.2) is 59.7 Å². The van der Waals surface area contributed by atoms with Gasteiger partial charge in [0, 0.05) is 71.4 Å². The van der Waals surface area contributed by atoms with Crippen molar-refractivity contribution in [1.29, 1.82) is 0 Å². The summed E-state index contributed by atoms with van der Waals surface area (Å²) in [4.78, 5) is 23.6. The van der Waals surface area contributed by atoms with E-state index in [4.69, 9.17) is 0 Å². The molecule has 4 aromatic rings. The average molecular weight is 563 g/mol. The van der Waals surface area contributed by atoms with E-state index in [1.165, 1.54) is 44.2 Å². The van der Waals surface area contributed by atoms with E-state index < -0.39 is 6.10 Å². The van der Waals surface area contributed by atoms with Gasteiger partial charge in [0.2, 0.25) is 0 Å². The average Bonchev–Trinajstić information content (AvgIpc) is 3.51. The van der Waals surface area contributed by atoms with Gasteiger partial charge in [-0.2, -0.15) is 0 Å². The Morgan fingerprint density at radius 3 is 1.86 bits per heavy atom. The summed E-state index contributed by atoms with van der Waals surface area (Å²) in [6.45, 7) is 10.00. The number of aromatic amines is 2. The highest BCUT2D eigenvalue weighted by Crippen LogP contribution is 2.45. The molecule has 5 atom stereocenters. The molecule has 0 radical (unpaired) electrons. The normalized spacial score (nSPS) is 25.7. The molecule has 1 unspecified atom stereocenters. The molecular formula is C36H42N4O2. The molecule has 0 saturated carbocycles. The zero-order valence-electron chi connectivity index (χ0n) is 25.6. The molecule has 4 aliphatic rings. The maximum Gasteiger partial charge on any atom is 0.176 e. The number of rotatable bonds is 2. The van der Waals surface area contributed by atoms with Crippen molar-refractivity contribution in [3.05, 3.63) is 93.3 Å². The van der Waals surface area contributed by atoms with E-state index in [0.29, 0.717) is 23.9 Å². The van der Waals surface area contributed by atoms with Gasteiger partial charge in [-0.05, 0) is 82.1 Å². The van der Waals surface area contributed by atoms with Gasteiger partial charge < -0.3 is 15.1 Å². The van der Waals surface area contributed by atoms with E-state index in [0.717, 1.165) is 48.4 Å². The van der Waals surface area contributed by atoms with Crippen molar-refractivity contribution in [2.24, 2.45) is 0 Å². The van der Waals surface area contributed by atoms with Crippen LogP contribution in [-0.4, -0.2) is 69.9 Å². The molecule has 0 spiro atoms. The number of fused-ring (bicyclic) bond motifs is 4. The second-order valence-corrected chi connectivity index (χ2v) is 13.2. The molecule has 3 N–H and O–H groups in total. The fourth-order valence-corrected chi connectivity index (χ4v) is 8.43. The van der Waals surface area contributed by atoms with E-state index in [1.807, 2.05) is 6.92 Å². The number of hydrogen-bond donors (Lipinski definition) is 3. The number of nitrogens with one attached hydrogen (secondary N) is 2. The summed E-state index contributed by atoms with van der Waals surface area (Å²) in [5.41, 5.74) is 12.3. The quantitative estimate of drug-likeness (QED) is 0.195. The third kappa shape index (κ3) is 4.23. The number of carbonyl (C=O) groups is 1. The minimum atomic E-state index is -0.442. The maximum absolute atomic E-state index is 12.0. The lowest BCUT2D eigenvalue weighted by atomic mass is 9.76.